The highest BCUT2D eigenvalue weighted by Crippen LogP contribution is 2.19. The van der Waals surface area contributed by atoms with Gasteiger partial charge in [-0.3, -0.25) is 14.4 Å². The molecule has 0 aliphatic carbocycles. The van der Waals surface area contributed by atoms with Gasteiger partial charge >= 0.3 is 17.9 Å². The summed E-state index contributed by atoms with van der Waals surface area (Å²) >= 11 is 0. The van der Waals surface area contributed by atoms with Gasteiger partial charge in [-0.25, -0.2) is 0 Å². The number of hydrogen-bond donors (Lipinski definition) is 0. The van der Waals surface area contributed by atoms with Crippen LogP contribution in [0.25, 0.3) is 0 Å². The second-order valence-corrected chi connectivity index (χ2v) is 22.8. The molecule has 0 aliphatic heterocycles. The van der Waals surface area contributed by atoms with E-state index in [2.05, 4.69) is 20.8 Å². The number of ether oxygens (including phenoxy) is 3. The molecule has 0 radical (unpaired) electrons. The van der Waals surface area contributed by atoms with Crippen molar-refractivity contribution in [2.75, 3.05) is 13.2 Å². The van der Waals surface area contributed by atoms with E-state index in [1.165, 1.54) is 289 Å². The number of carbonyl (C=O) groups excluding carboxylic acids is 3. The molecule has 0 aromatic rings. The molecule has 0 aromatic carbocycles. The molecule has 0 heterocycles. The highest BCUT2D eigenvalue weighted by atomic mass is 16.6. The van der Waals surface area contributed by atoms with Gasteiger partial charge in [0.25, 0.3) is 0 Å². The normalized spacial score (nSPS) is 11.9. The van der Waals surface area contributed by atoms with Crippen molar-refractivity contribution in [1.29, 1.82) is 0 Å². The van der Waals surface area contributed by atoms with Crippen molar-refractivity contribution < 1.29 is 28.6 Å². The minimum absolute atomic E-state index is 0.0603. The van der Waals surface area contributed by atoms with Gasteiger partial charge in [0.2, 0.25) is 0 Å². The van der Waals surface area contributed by atoms with E-state index in [9.17, 15) is 14.4 Å². The standard InChI is InChI=1S/C66H128O6/c1-4-7-10-13-16-19-22-25-28-31-33-34-36-38-41-44-47-50-53-56-59-65(68)71-62-63(61-70-64(67)58-55-52-49-46-43-40-37-30-27-24-21-18-15-12-9-6-3)72-66(69)60-57-54-51-48-45-42-39-35-32-29-26-23-20-17-14-11-8-5-2/h63H,4-62H2,1-3H3. The fraction of sp³-hybridized carbons (Fsp3) is 0.955. The smallest absolute Gasteiger partial charge is 0.306 e. The Bertz CT molecular complexity index is 1080. The molecule has 0 rings (SSSR count). The van der Waals surface area contributed by atoms with Crippen molar-refractivity contribution in [3.05, 3.63) is 0 Å². The molecule has 0 fully saturated rings. The first kappa shape index (κ1) is 70.4. The highest BCUT2D eigenvalue weighted by Gasteiger charge is 2.19. The quantitative estimate of drug-likeness (QED) is 0.0343. The number of hydrogen-bond acceptors (Lipinski definition) is 6. The van der Waals surface area contributed by atoms with E-state index >= 15 is 0 Å². The van der Waals surface area contributed by atoms with E-state index < -0.39 is 6.10 Å². The van der Waals surface area contributed by atoms with Crippen molar-refractivity contribution in [2.45, 2.75) is 393 Å². The minimum Gasteiger partial charge on any atom is -0.462 e. The van der Waals surface area contributed by atoms with Crippen LogP contribution in [0.4, 0.5) is 0 Å². The van der Waals surface area contributed by atoms with Crippen molar-refractivity contribution in [3.8, 4) is 0 Å². The van der Waals surface area contributed by atoms with Gasteiger partial charge in [0.15, 0.2) is 6.10 Å². The third kappa shape index (κ3) is 59.3. The average Bonchev–Trinajstić information content (AvgIpc) is 3.38. The summed E-state index contributed by atoms with van der Waals surface area (Å²) in [4.78, 5) is 38.3. The molecule has 0 amide bonds. The van der Waals surface area contributed by atoms with Crippen LogP contribution in [0.5, 0.6) is 0 Å². The lowest BCUT2D eigenvalue weighted by Gasteiger charge is -2.18. The highest BCUT2D eigenvalue weighted by molar-refractivity contribution is 5.71. The van der Waals surface area contributed by atoms with E-state index in [0.717, 1.165) is 57.8 Å². The van der Waals surface area contributed by atoms with Crippen molar-refractivity contribution >= 4 is 17.9 Å². The summed E-state index contributed by atoms with van der Waals surface area (Å²) in [5.41, 5.74) is 0. The predicted molar refractivity (Wildman–Crippen MR) is 312 cm³/mol. The lowest BCUT2D eigenvalue weighted by atomic mass is 10.0. The van der Waals surface area contributed by atoms with E-state index in [1.54, 1.807) is 0 Å². The predicted octanol–water partition coefficient (Wildman–Crippen LogP) is 22.3. The van der Waals surface area contributed by atoms with E-state index in [0.29, 0.717) is 19.3 Å². The van der Waals surface area contributed by atoms with Crippen LogP contribution in [-0.4, -0.2) is 37.2 Å². The zero-order chi connectivity index (χ0) is 52.2. The van der Waals surface area contributed by atoms with Gasteiger partial charge in [-0.2, -0.15) is 0 Å². The Kier molecular flexibility index (Phi) is 60.6. The molecule has 6 nitrogen and oxygen atoms in total. The minimum atomic E-state index is -0.762. The molecule has 0 aliphatic rings. The van der Waals surface area contributed by atoms with Gasteiger partial charge < -0.3 is 14.2 Å². The molecule has 72 heavy (non-hydrogen) atoms. The molecule has 6 heteroatoms. The first-order valence-electron chi connectivity index (χ1n) is 33.0. The van der Waals surface area contributed by atoms with Crippen LogP contribution in [0.3, 0.4) is 0 Å². The summed E-state index contributed by atoms with van der Waals surface area (Å²) in [6.07, 6.45) is 71.1. The van der Waals surface area contributed by atoms with Gasteiger partial charge in [0.05, 0.1) is 0 Å². The summed E-state index contributed by atoms with van der Waals surface area (Å²) in [6, 6.07) is 0. The van der Waals surface area contributed by atoms with Gasteiger partial charge in [0.1, 0.15) is 13.2 Å². The van der Waals surface area contributed by atoms with Crippen LogP contribution in [0, 0.1) is 0 Å². The lowest BCUT2D eigenvalue weighted by molar-refractivity contribution is -0.167. The molecule has 1 unspecified atom stereocenters. The van der Waals surface area contributed by atoms with Crippen LogP contribution in [-0.2, 0) is 28.6 Å². The van der Waals surface area contributed by atoms with Gasteiger partial charge in [0, 0.05) is 19.3 Å². The topological polar surface area (TPSA) is 78.9 Å². The maximum atomic E-state index is 12.9. The van der Waals surface area contributed by atoms with E-state index in [4.69, 9.17) is 14.2 Å². The van der Waals surface area contributed by atoms with Crippen molar-refractivity contribution in [3.63, 3.8) is 0 Å². The van der Waals surface area contributed by atoms with Gasteiger partial charge in [-0.1, -0.05) is 348 Å². The third-order valence-electron chi connectivity index (χ3n) is 15.4. The van der Waals surface area contributed by atoms with Crippen LogP contribution in [0.2, 0.25) is 0 Å². The Labute approximate surface area is 450 Å². The van der Waals surface area contributed by atoms with Gasteiger partial charge in [-0.05, 0) is 19.3 Å². The zero-order valence-electron chi connectivity index (χ0n) is 49.2. The Balaban J connectivity index is 4.27. The maximum absolute atomic E-state index is 12.9. The van der Waals surface area contributed by atoms with Crippen LogP contribution < -0.4 is 0 Å². The largest absolute Gasteiger partial charge is 0.462 e. The number of esters is 3. The van der Waals surface area contributed by atoms with E-state index in [1.807, 2.05) is 0 Å². The Morgan fingerprint density at radius 3 is 0.556 bits per heavy atom. The first-order valence-corrected chi connectivity index (χ1v) is 33.0. The molecule has 0 spiro atoms. The molecule has 0 bridgehead atoms. The molecule has 0 N–H and O–H groups in total. The van der Waals surface area contributed by atoms with Crippen LogP contribution >= 0.6 is 0 Å². The number of carbonyl (C=O) groups is 3. The summed E-state index contributed by atoms with van der Waals surface area (Å²) in [5, 5.41) is 0. The van der Waals surface area contributed by atoms with Crippen LogP contribution in [0.15, 0.2) is 0 Å². The van der Waals surface area contributed by atoms with Crippen molar-refractivity contribution in [2.24, 2.45) is 0 Å². The maximum Gasteiger partial charge on any atom is 0.306 e. The number of rotatable bonds is 62. The van der Waals surface area contributed by atoms with Crippen molar-refractivity contribution in [1.82, 2.24) is 0 Å². The summed E-state index contributed by atoms with van der Waals surface area (Å²) in [7, 11) is 0. The first-order chi connectivity index (χ1) is 35.5. The van der Waals surface area contributed by atoms with E-state index in [-0.39, 0.29) is 31.1 Å². The fourth-order valence-corrected chi connectivity index (χ4v) is 10.4. The molecular weight excluding hydrogens is 889 g/mol. The average molecular weight is 1020 g/mol. The lowest BCUT2D eigenvalue weighted by Crippen LogP contribution is -2.30. The molecule has 1 atom stereocenters. The second kappa shape index (κ2) is 62.0. The van der Waals surface area contributed by atoms with Crippen LogP contribution in [0.1, 0.15) is 387 Å². The molecular formula is C66H128O6. The molecule has 428 valence electrons. The summed E-state index contributed by atoms with van der Waals surface area (Å²) in [6.45, 7) is 6.74. The zero-order valence-corrected chi connectivity index (χ0v) is 49.2. The molecule has 0 saturated carbocycles. The second-order valence-electron chi connectivity index (χ2n) is 22.8. The number of unbranched alkanes of at least 4 members (excludes halogenated alkanes) is 51. The SMILES string of the molecule is CCCCCCCCCCCCCCCCCCCCCCC(=O)OCC(COC(=O)CCCCCCCCCCCCCCCCCC)OC(=O)CCCCCCCCCCCCCCCCCCCC. The monoisotopic (exact) mass is 1020 g/mol. The summed E-state index contributed by atoms with van der Waals surface area (Å²) < 4.78 is 17.0. The Morgan fingerprint density at radius 2 is 0.375 bits per heavy atom. The van der Waals surface area contributed by atoms with Gasteiger partial charge in [-0.15, -0.1) is 0 Å². The summed E-state index contributed by atoms with van der Waals surface area (Å²) in [5.74, 6) is -0.822. The third-order valence-corrected chi connectivity index (χ3v) is 15.4. The Hall–Kier alpha value is -1.59. The molecule has 0 aromatic heterocycles. The Morgan fingerprint density at radius 1 is 0.222 bits per heavy atom. The molecule has 0 saturated heterocycles. The fourth-order valence-electron chi connectivity index (χ4n) is 10.4.